The van der Waals surface area contributed by atoms with Crippen LogP contribution in [0.25, 0.3) is 0 Å². The van der Waals surface area contributed by atoms with Crippen LogP contribution in [0.15, 0.2) is 0 Å². The van der Waals surface area contributed by atoms with E-state index in [1.165, 1.54) is 0 Å². The number of nitrogens with one attached hydrogen (secondary N) is 1. The second-order valence-corrected chi connectivity index (χ2v) is 5.88. The molecule has 0 atom stereocenters. The fraction of sp³-hybridized carbons (Fsp3) is 0.769. The van der Waals surface area contributed by atoms with Gasteiger partial charge >= 0.3 is 5.69 Å². The zero-order valence-corrected chi connectivity index (χ0v) is 12.6. The van der Waals surface area contributed by atoms with Crippen LogP contribution in [0.5, 0.6) is 0 Å². The molecule has 1 aromatic rings. The van der Waals surface area contributed by atoms with Crippen LogP contribution in [0.4, 0.5) is 11.5 Å². The average Bonchev–Trinajstić information content (AvgIpc) is 2.66. The first-order valence-electron chi connectivity index (χ1n) is 7.08. The summed E-state index contributed by atoms with van der Waals surface area (Å²) in [5.74, 6) is 0.654. The van der Waals surface area contributed by atoms with Gasteiger partial charge in [-0.05, 0) is 27.2 Å². The minimum Gasteiger partial charge on any atom is -0.343 e. The first-order valence-corrected chi connectivity index (χ1v) is 7.08. The summed E-state index contributed by atoms with van der Waals surface area (Å²) in [6.45, 7) is 11.0. The minimum atomic E-state index is -0.304. The molecular weight excluding hydrogens is 258 g/mol. The Kier molecular flexibility index (Phi) is 3.99. The molecule has 20 heavy (non-hydrogen) atoms. The van der Waals surface area contributed by atoms with E-state index in [2.05, 4.69) is 36.1 Å². The lowest BCUT2D eigenvalue weighted by molar-refractivity contribution is -0.384. The van der Waals surface area contributed by atoms with E-state index in [0.717, 1.165) is 26.1 Å². The second kappa shape index (κ2) is 5.40. The van der Waals surface area contributed by atoms with E-state index >= 15 is 0 Å². The largest absolute Gasteiger partial charge is 0.343 e. The zero-order chi connectivity index (χ0) is 14.9. The standard InChI is InChI=1S/C13H23N5O2/c1-5-7-17-12(11(18(19)20)10(2)15-17)16-8-6-14-9-13(16,3)4/h14H,5-9H2,1-4H3. The third kappa shape index (κ3) is 2.49. The summed E-state index contributed by atoms with van der Waals surface area (Å²) < 4.78 is 1.79. The van der Waals surface area contributed by atoms with Gasteiger partial charge in [-0.2, -0.15) is 5.10 Å². The van der Waals surface area contributed by atoms with Gasteiger partial charge in [0.25, 0.3) is 0 Å². The van der Waals surface area contributed by atoms with Crippen LogP contribution >= 0.6 is 0 Å². The van der Waals surface area contributed by atoms with Crippen LogP contribution in [-0.2, 0) is 6.54 Å². The number of rotatable bonds is 4. The highest BCUT2D eigenvalue weighted by atomic mass is 16.6. The van der Waals surface area contributed by atoms with Crippen LogP contribution in [0.3, 0.4) is 0 Å². The van der Waals surface area contributed by atoms with Crippen molar-refractivity contribution in [1.29, 1.82) is 0 Å². The number of hydrogen-bond acceptors (Lipinski definition) is 5. The van der Waals surface area contributed by atoms with Crippen molar-refractivity contribution in [1.82, 2.24) is 15.1 Å². The van der Waals surface area contributed by atoms with Crippen molar-refractivity contribution < 1.29 is 4.92 Å². The Bertz CT molecular complexity index is 509. The van der Waals surface area contributed by atoms with Gasteiger partial charge in [0.15, 0.2) is 0 Å². The topological polar surface area (TPSA) is 76.2 Å². The fourth-order valence-electron chi connectivity index (χ4n) is 2.78. The number of nitro groups is 1. The fourth-order valence-corrected chi connectivity index (χ4v) is 2.78. The third-order valence-corrected chi connectivity index (χ3v) is 3.74. The van der Waals surface area contributed by atoms with E-state index in [4.69, 9.17) is 0 Å². The lowest BCUT2D eigenvalue weighted by Gasteiger charge is -2.43. The molecule has 1 aliphatic rings. The number of aryl methyl sites for hydroxylation is 2. The maximum atomic E-state index is 11.4. The first kappa shape index (κ1) is 14.8. The molecular formula is C13H23N5O2. The molecule has 1 aliphatic heterocycles. The van der Waals surface area contributed by atoms with E-state index in [9.17, 15) is 10.1 Å². The third-order valence-electron chi connectivity index (χ3n) is 3.74. The second-order valence-electron chi connectivity index (χ2n) is 5.88. The van der Waals surface area contributed by atoms with Gasteiger partial charge in [-0.3, -0.25) is 10.1 Å². The minimum absolute atomic E-state index is 0.147. The summed E-state index contributed by atoms with van der Waals surface area (Å²) in [4.78, 5) is 13.2. The molecule has 7 heteroatoms. The lowest BCUT2D eigenvalue weighted by Crippen LogP contribution is -2.58. The van der Waals surface area contributed by atoms with Gasteiger partial charge in [-0.25, -0.2) is 4.68 Å². The normalized spacial score (nSPS) is 18.3. The Morgan fingerprint density at radius 1 is 1.50 bits per heavy atom. The van der Waals surface area contributed by atoms with E-state index in [1.54, 1.807) is 11.6 Å². The van der Waals surface area contributed by atoms with Crippen molar-refractivity contribution in [3.05, 3.63) is 15.8 Å². The molecule has 1 aromatic heterocycles. The van der Waals surface area contributed by atoms with Gasteiger partial charge < -0.3 is 10.2 Å². The molecule has 0 radical (unpaired) electrons. The summed E-state index contributed by atoms with van der Waals surface area (Å²) in [5.41, 5.74) is 0.474. The van der Waals surface area contributed by atoms with Crippen molar-refractivity contribution in [2.24, 2.45) is 0 Å². The van der Waals surface area contributed by atoms with Crippen molar-refractivity contribution in [3.8, 4) is 0 Å². The molecule has 0 unspecified atom stereocenters. The smallest absolute Gasteiger partial charge is 0.333 e. The first-order chi connectivity index (χ1) is 9.38. The number of anilines is 1. The highest BCUT2D eigenvalue weighted by Crippen LogP contribution is 2.36. The molecule has 0 saturated carbocycles. The molecule has 1 N–H and O–H groups in total. The van der Waals surface area contributed by atoms with Gasteiger partial charge in [-0.1, -0.05) is 6.92 Å². The average molecular weight is 281 g/mol. The summed E-state index contributed by atoms with van der Waals surface area (Å²) in [6.07, 6.45) is 0.901. The predicted octanol–water partition coefficient (Wildman–Crippen LogP) is 1.70. The molecule has 0 bridgehead atoms. The van der Waals surface area contributed by atoms with Gasteiger partial charge in [0, 0.05) is 31.7 Å². The summed E-state index contributed by atoms with van der Waals surface area (Å²) in [6, 6.07) is 0. The Labute approximate surface area is 119 Å². The van der Waals surface area contributed by atoms with Crippen LogP contribution in [0.2, 0.25) is 0 Å². The Hall–Kier alpha value is -1.63. The molecule has 2 heterocycles. The monoisotopic (exact) mass is 281 g/mol. The molecule has 7 nitrogen and oxygen atoms in total. The summed E-state index contributed by atoms with van der Waals surface area (Å²) >= 11 is 0. The van der Waals surface area contributed by atoms with Crippen LogP contribution < -0.4 is 10.2 Å². The molecule has 2 rings (SSSR count). The van der Waals surface area contributed by atoms with E-state index in [-0.39, 0.29) is 16.1 Å². The van der Waals surface area contributed by atoms with Crippen molar-refractivity contribution in [2.45, 2.75) is 46.2 Å². The molecule has 0 spiro atoms. The molecule has 0 amide bonds. The van der Waals surface area contributed by atoms with Gasteiger partial charge in [-0.15, -0.1) is 0 Å². The predicted molar refractivity (Wildman–Crippen MR) is 78.2 cm³/mol. The lowest BCUT2D eigenvalue weighted by atomic mass is 10.00. The number of aromatic nitrogens is 2. The Morgan fingerprint density at radius 2 is 2.20 bits per heavy atom. The van der Waals surface area contributed by atoms with Crippen molar-refractivity contribution in [2.75, 3.05) is 24.5 Å². The summed E-state index contributed by atoms with van der Waals surface area (Å²) in [5, 5.41) is 19.1. The number of nitrogens with zero attached hydrogens (tertiary/aromatic N) is 4. The van der Waals surface area contributed by atoms with E-state index < -0.39 is 0 Å². The molecule has 0 aromatic carbocycles. The Balaban J connectivity index is 2.54. The molecule has 1 saturated heterocycles. The van der Waals surface area contributed by atoms with E-state index in [1.807, 2.05) is 0 Å². The Morgan fingerprint density at radius 3 is 2.75 bits per heavy atom. The van der Waals surface area contributed by atoms with Crippen molar-refractivity contribution >= 4 is 11.5 Å². The maximum absolute atomic E-state index is 11.4. The number of hydrogen-bond donors (Lipinski definition) is 1. The van der Waals surface area contributed by atoms with Crippen LogP contribution in [0, 0.1) is 17.0 Å². The highest BCUT2D eigenvalue weighted by Gasteiger charge is 2.38. The van der Waals surface area contributed by atoms with Crippen molar-refractivity contribution in [3.63, 3.8) is 0 Å². The molecule has 1 fully saturated rings. The van der Waals surface area contributed by atoms with Gasteiger partial charge in [0.2, 0.25) is 5.82 Å². The van der Waals surface area contributed by atoms with Crippen LogP contribution in [0.1, 0.15) is 32.9 Å². The molecule has 0 aliphatic carbocycles. The highest BCUT2D eigenvalue weighted by molar-refractivity contribution is 5.63. The maximum Gasteiger partial charge on any atom is 0.333 e. The van der Waals surface area contributed by atoms with E-state index in [0.29, 0.717) is 18.1 Å². The van der Waals surface area contributed by atoms with Gasteiger partial charge in [0.05, 0.1) is 4.92 Å². The van der Waals surface area contributed by atoms with Crippen LogP contribution in [-0.4, -0.2) is 39.9 Å². The SMILES string of the molecule is CCCn1nc(C)c([N+](=O)[O-])c1N1CCNCC1(C)C. The molecule has 112 valence electrons. The zero-order valence-electron chi connectivity index (χ0n) is 12.6. The number of piperazine rings is 1. The quantitative estimate of drug-likeness (QED) is 0.671. The van der Waals surface area contributed by atoms with Gasteiger partial charge in [0.1, 0.15) is 5.69 Å². The summed E-state index contributed by atoms with van der Waals surface area (Å²) in [7, 11) is 0.